The lowest BCUT2D eigenvalue weighted by atomic mass is 10.1. The van der Waals surface area contributed by atoms with Crippen molar-refractivity contribution >= 4 is 123 Å². The van der Waals surface area contributed by atoms with E-state index in [4.69, 9.17) is 17.7 Å². The Kier molecular flexibility index (Phi) is 27.6. The zero-order valence-corrected chi connectivity index (χ0v) is 78.5. The van der Waals surface area contributed by atoms with Crippen molar-refractivity contribution in [2.75, 3.05) is 26.6 Å². The van der Waals surface area contributed by atoms with Gasteiger partial charge in [0.2, 0.25) is 0 Å². The van der Waals surface area contributed by atoms with Gasteiger partial charge >= 0.3 is 0 Å². The lowest BCUT2D eigenvalue weighted by Gasteiger charge is -2.06. The van der Waals surface area contributed by atoms with Crippen LogP contribution in [-0.4, -0.2) is 52.4 Å². The van der Waals surface area contributed by atoms with Gasteiger partial charge in [0.1, 0.15) is 17.1 Å². The summed E-state index contributed by atoms with van der Waals surface area (Å²) in [5.74, 6) is 1.59. The largest absolute Gasteiger partial charge is 0.459 e. The molecule has 5 amide bonds. The summed E-state index contributed by atoms with van der Waals surface area (Å²) in [4.78, 5) is 63.2. The summed E-state index contributed by atoms with van der Waals surface area (Å²) in [5, 5.41) is 21.1. The normalized spacial score (nSPS) is 11.0. The number of fused-ring (bicyclic) bond motifs is 6. The molecule has 0 saturated heterocycles. The second-order valence-corrected chi connectivity index (χ2v) is 35.0. The fourth-order valence-electron chi connectivity index (χ4n) is 16.9. The lowest BCUT2D eigenvalue weighted by Crippen LogP contribution is -2.11. The van der Waals surface area contributed by atoms with E-state index in [0.29, 0.717) is 34.2 Å². The molecule has 0 radical (unpaired) electrons. The number of anilines is 5. The van der Waals surface area contributed by atoms with E-state index in [0.717, 1.165) is 138 Å². The third-order valence-electron chi connectivity index (χ3n) is 24.5. The molecule has 19 heteroatoms. The van der Waals surface area contributed by atoms with E-state index in [1.807, 2.05) is 228 Å². The van der Waals surface area contributed by atoms with E-state index in [9.17, 15) is 24.0 Å². The number of nitrogens with one attached hydrogen (secondary N) is 5. The van der Waals surface area contributed by atoms with Crippen LogP contribution >= 0.6 is 0 Å². The number of aryl methyl sites for hydroxylation is 8. The van der Waals surface area contributed by atoms with E-state index in [1.54, 1.807) is 30.3 Å². The summed E-state index contributed by atoms with van der Waals surface area (Å²) in [5.41, 5.74) is 26.2. The maximum absolute atomic E-state index is 12.9. The van der Waals surface area contributed by atoms with Crippen LogP contribution in [0.5, 0.6) is 0 Å². The molecule has 19 nitrogen and oxygen atoms in total. The second-order valence-electron chi connectivity index (χ2n) is 35.0. The molecule has 0 unspecified atom stereocenters. The summed E-state index contributed by atoms with van der Waals surface area (Å²) >= 11 is 0. The molecule has 0 bridgehead atoms. The molecule has 0 aliphatic rings. The highest BCUT2D eigenvalue weighted by atomic mass is 16.4. The minimum Gasteiger partial charge on any atom is -0.459 e. The maximum Gasteiger partial charge on any atom is 0.291 e. The molecule has 5 N–H and O–H groups in total. The van der Waals surface area contributed by atoms with E-state index in [-0.39, 0.29) is 35.3 Å². The topological polar surface area (TPSA) is 223 Å². The first kappa shape index (κ1) is 91.8. The zero-order chi connectivity index (χ0) is 96.0. The summed E-state index contributed by atoms with van der Waals surface area (Å²) in [6.07, 6.45) is 11.5. The first-order chi connectivity index (χ1) is 67.6. The van der Waals surface area contributed by atoms with Gasteiger partial charge in [0.05, 0.1) is 62.3 Å². The SMILES string of the molecule is Cc1ccc(Cn2cc(NC(=O)c3cc(C)c(C)o3)c3ccccc32)cc1.Cc1ccc(Cn2cc(NC(=O)c3cc4ccccc4o3)c3ccccc32)cc1.Cc1ccc(Cn2cc(NC(=O)c3ccc(-c4ccc(C)cc4)o3)c3ccccc32)cc1.Cc1ccc(Cn2cc(NC(=O)c3ccccc3)c3ccccc32)cc1.Cc1ccc(Cn2cc(NC(=O)c3ccco3)c3ccccc32)cc1. The zero-order valence-electron chi connectivity index (χ0n) is 78.5. The number of para-hydroxylation sites is 6. The van der Waals surface area contributed by atoms with Gasteiger partial charge in [0.25, 0.3) is 29.5 Å². The van der Waals surface area contributed by atoms with Crippen LogP contribution in [0.4, 0.5) is 28.4 Å². The maximum atomic E-state index is 12.9. The van der Waals surface area contributed by atoms with Crippen LogP contribution in [0.15, 0.2) is 413 Å². The highest BCUT2D eigenvalue weighted by Gasteiger charge is 2.23. The van der Waals surface area contributed by atoms with Crippen molar-refractivity contribution in [3.8, 4) is 11.3 Å². The lowest BCUT2D eigenvalue weighted by molar-refractivity contribution is 0.0989. The average Bonchev–Trinajstić information content (AvgIpc) is 1.69. The predicted octanol–water partition coefficient (Wildman–Crippen LogP) is 28.4. The molecule has 0 atom stereocenters. The Morgan fingerprint density at radius 1 is 0.252 bits per heavy atom. The summed E-state index contributed by atoms with van der Waals surface area (Å²) in [6.45, 7) is 20.0. The van der Waals surface area contributed by atoms with Crippen LogP contribution in [0.2, 0.25) is 0 Å². The van der Waals surface area contributed by atoms with Crippen LogP contribution in [0.25, 0.3) is 76.8 Å². The Bertz CT molecular complexity index is 8050. The van der Waals surface area contributed by atoms with E-state index in [1.165, 1.54) is 67.5 Å². The first-order valence-electron chi connectivity index (χ1n) is 46.2. The van der Waals surface area contributed by atoms with Crippen molar-refractivity contribution in [2.45, 2.75) is 88.1 Å². The van der Waals surface area contributed by atoms with Crippen molar-refractivity contribution in [3.05, 3.63) is 496 Å². The fraction of sp³-hybridized carbons (Fsp3) is 0.108. The van der Waals surface area contributed by atoms with Gasteiger partial charge in [-0.2, -0.15) is 0 Å². The van der Waals surface area contributed by atoms with Crippen molar-refractivity contribution in [1.82, 2.24) is 22.8 Å². The third-order valence-corrected chi connectivity index (χ3v) is 24.5. The van der Waals surface area contributed by atoms with Gasteiger partial charge in [0.15, 0.2) is 23.0 Å². The highest BCUT2D eigenvalue weighted by molar-refractivity contribution is 6.13. The molecule has 139 heavy (non-hydrogen) atoms. The van der Waals surface area contributed by atoms with Crippen molar-refractivity contribution in [3.63, 3.8) is 0 Å². The fourth-order valence-corrected chi connectivity index (χ4v) is 16.9. The molecule has 0 spiro atoms. The molecule has 0 fully saturated rings. The Morgan fingerprint density at radius 2 is 0.554 bits per heavy atom. The van der Waals surface area contributed by atoms with E-state index < -0.39 is 0 Å². The number of hydrogen-bond donors (Lipinski definition) is 5. The van der Waals surface area contributed by atoms with Crippen LogP contribution in [0.1, 0.15) is 125 Å². The molecular formula is C120H104N10O9. The molecule has 22 aromatic rings. The number of carbonyl (C=O) groups excluding carboxylic acids is 5. The number of rotatable bonds is 21. The van der Waals surface area contributed by atoms with Gasteiger partial charge in [-0.3, -0.25) is 24.0 Å². The minimum atomic E-state index is -0.262. The smallest absolute Gasteiger partial charge is 0.291 e. The standard InChI is InChI=1S/C28H24N2O2.C25H20N2O2.C23H22N2O2.C23H20N2O.C21H18N2O2/c1-19-7-11-21(12-8-19)17-30-18-24(23-5-3-4-6-25(23)30)29-28(31)27-16-15-26(32-27)22-13-9-20(2)10-14-22;1-17-10-12-18(13-11-17)15-27-16-21(20-7-3-4-8-22(20)27)26-25(28)24-14-19-6-2-5-9-23(19)29-24;1-15-8-10-18(11-9-15)13-25-14-20(19-6-4-5-7-21(19)25)24-23(26)22-12-16(2)17(3)27-22;1-17-11-13-18(14-12-17)15-25-16-21(20-9-5-6-10-22(20)25)24-23(26)19-7-3-2-4-8-19;1-15-8-10-16(11-9-15)13-23-14-18(17-5-2-3-6-19(17)23)22-21(24)20-7-4-12-25-20/h3-16,18H,17H2,1-2H3,(H,29,31);2-14,16H,15H2,1H3,(H,26,28);4-12,14H,13H2,1-3H3,(H,24,26);2-14,16H,15H2,1H3,(H,24,26);2-12,14H,13H2,1H3,(H,22,24). The molecule has 22 rings (SSSR count). The summed E-state index contributed by atoms with van der Waals surface area (Å²) < 4.78 is 33.1. The summed E-state index contributed by atoms with van der Waals surface area (Å²) in [6, 6.07) is 118. The minimum absolute atomic E-state index is 0.0937. The molecule has 9 aromatic heterocycles. The van der Waals surface area contributed by atoms with E-state index >= 15 is 0 Å². The van der Waals surface area contributed by atoms with Crippen LogP contribution in [0, 0.1) is 55.4 Å². The van der Waals surface area contributed by atoms with Gasteiger partial charge < -0.3 is 67.1 Å². The van der Waals surface area contributed by atoms with Gasteiger partial charge in [0, 0.05) is 107 Å². The first-order valence-corrected chi connectivity index (χ1v) is 46.2. The van der Waals surface area contributed by atoms with Gasteiger partial charge in [-0.1, -0.05) is 306 Å². The molecule has 13 aromatic carbocycles. The van der Waals surface area contributed by atoms with Crippen LogP contribution in [0.3, 0.4) is 0 Å². The predicted molar refractivity (Wildman–Crippen MR) is 559 cm³/mol. The molecule has 9 heterocycles. The van der Waals surface area contributed by atoms with Gasteiger partial charge in [-0.05, 0) is 174 Å². The van der Waals surface area contributed by atoms with Gasteiger partial charge in [-0.25, -0.2) is 0 Å². The summed E-state index contributed by atoms with van der Waals surface area (Å²) in [7, 11) is 0. The van der Waals surface area contributed by atoms with E-state index in [2.05, 4.69) is 236 Å². The van der Waals surface area contributed by atoms with Crippen LogP contribution in [-0.2, 0) is 32.7 Å². The second kappa shape index (κ2) is 41.8. The molecular weight excluding hydrogens is 1730 g/mol. The molecule has 0 aliphatic heterocycles. The van der Waals surface area contributed by atoms with Gasteiger partial charge in [-0.15, -0.1) is 0 Å². The number of carbonyl (C=O) groups is 5. The number of furan rings is 4. The van der Waals surface area contributed by atoms with Crippen molar-refractivity contribution in [1.29, 1.82) is 0 Å². The molecule has 688 valence electrons. The number of aromatic nitrogens is 5. The van der Waals surface area contributed by atoms with Crippen molar-refractivity contribution in [2.24, 2.45) is 0 Å². The third kappa shape index (κ3) is 22.0. The highest BCUT2D eigenvalue weighted by Crippen LogP contribution is 2.36. The Morgan fingerprint density at radius 3 is 0.885 bits per heavy atom. The Balaban J connectivity index is 0.000000115. The number of hydrogen-bond acceptors (Lipinski definition) is 9. The Hall–Kier alpha value is -17.7. The van der Waals surface area contributed by atoms with Crippen LogP contribution < -0.4 is 26.6 Å². The number of benzene rings is 13. The molecule has 0 aliphatic carbocycles. The average molecular weight is 1830 g/mol. The number of amides is 5. The van der Waals surface area contributed by atoms with Crippen molar-refractivity contribution < 1.29 is 41.6 Å². The Labute approximate surface area is 805 Å². The quantitative estimate of drug-likeness (QED) is 0.0461. The molecule has 0 saturated carbocycles. The number of nitrogens with zero attached hydrogens (tertiary/aromatic N) is 5. The monoisotopic (exact) mass is 1830 g/mol.